The third-order valence-electron chi connectivity index (χ3n) is 6.04. The van der Waals surface area contributed by atoms with E-state index in [1.54, 1.807) is 19.1 Å². The van der Waals surface area contributed by atoms with Gasteiger partial charge in [-0.1, -0.05) is 42.0 Å². The van der Waals surface area contributed by atoms with Crippen LogP contribution in [-0.2, 0) is 9.59 Å². The first-order chi connectivity index (χ1) is 16.0. The summed E-state index contributed by atoms with van der Waals surface area (Å²) in [5.74, 6) is 0.574. The number of rotatable bonds is 6. The molecular weight excluding hydrogens is 416 g/mol. The molecule has 4 rings (SSSR count). The minimum Gasteiger partial charge on any atom is -0.493 e. The first-order valence-corrected chi connectivity index (χ1v) is 11.0. The zero-order valence-electron chi connectivity index (χ0n) is 19.1. The minimum absolute atomic E-state index is 0.0117. The molecule has 3 aromatic rings. The minimum atomic E-state index is -0.488. The molecule has 33 heavy (non-hydrogen) atoms. The number of anilines is 2. The van der Waals surface area contributed by atoms with Crippen LogP contribution in [0.4, 0.5) is 11.4 Å². The summed E-state index contributed by atoms with van der Waals surface area (Å²) >= 11 is 0. The number of carbonyl (C=O) groups excluding carboxylic acids is 2. The van der Waals surface area contributed by atoms with Crippen molar-refractivity contribution in [2.45, 2.75) is 25.8 Å². The Morgan fingerprint density at radius 3 is 2.30 bits per heavy atom. The zero-order chi connectivity index (χ0) is 23.4. The smallest absolute Gasteiger partial charge is 0.229 e. The van der Waals surface area contributed by atoms with E-state index < -0.39 is 12.0 Å². The molecule has 1 aliphatic heterocycles. The lowest BCUT2D eigenvalue weighted by atomic mass is 9.83. The average molecular weight is 445 g/mol. The maximum atomic E-state index is 13.5. The normalized spacial score (nSPS) is 18.0. The summed E-state index contributed by atoms with van der Waals surface area (Å²) in [6, 6.07) is 22.3. The molecule has 1 aliphatic rings. The Hall–Kier alpha value is -3.80. The molecule has 2 atom stereocenters. The van der Waals surface area contributed by atoms with Crippen LogP contribution in [0.25, 0.3) is 0 Å². The fourth-order valence-corrected chi connectivity index (χ4v) is 4.35. The van der Waals surface area contributed by atoms with E-state index in [1.165, 1.54) is 0 Å². The molecule has 0 saturated carbocycles. The molecule has 6 heteroatoms. The van der Waals surface area contributed by atoms with Crippen LogP contribution in [-0.4, -0.2) is 26.0 Å². The number of piperidine rings is 1. The molecule has 0 spiro atoms. The number of hydrogen-bond donors (Lipinski definition) is 1. The van der Waals surface area contributed by atoms with Gasteiger partial charge in [0.2, 0.25) is 11.8 Å². The van der Waals surface area contributed by atoms with E-state index in [-0.39, 0.29) is 11.8 Å². The molecular formula is C27H28N2O4. The topological polar surface area (TPSA) is 67.9 Å². The second kappa shape index (κ2) is 9.77. The van der Waals surface area contributed by atoms with Crippen molar-refractivity contribution < 1.29 is 19.1 Å². The summed E-state index contributed by atoms with van der Waals surface area (Å²) in [4.78, 5) is 28.4. The molecule has 0 unspecified atom stereocenters. The van der Waals surface area contributed by atoms with Gasteiger partial charge in [-0.3, -0.25) is 9.59 Å². The van der Waals surface area contributed by atoms with E-state index in [4.69, 9.17) is 9.47 Å². The number of aryl methyl sites for hydroxylation is 1. The predicted octanol–water partition coefficient (Wildman–Crippen LogP) is 5.14. The van der Waals surface area contributed by atoms with Crippen LogP contribution in [0.2, 0.25) is 0 Å². The Kier molecular flexibility index (Phi) is 6.63. The molecule has 0 aromatic heterocycles. The highest BCUT2D eigenvalue weighted by molar-refractivity contribution is 6.00. The number of ether oxygens (including phenoxy) is 2. The molecule has 170 valence electrons. The van der Waals surface area contributed by atoms with Crippen molar-refractivity contribution in [3.8, 4) is 11.5 Å². The number of amides is 2. The first kappa shape index (κ1) is 22.4. The lowest BCUT2D eigenvalue weighted by Gasteiger charge is -2.41. The number of nitrogens with one attached hydrogen (secondary N) is 1. The van der Waals surface area contributed by atoms with E-state index in [9.17, 15) is 9.59 Å². The third-order valence-corrected chi connectivity index (χ3v) is 6.04. The second-order valence-electron chi connectivity index (χ2n) is 8.16. The maximum absolute atomic E-state index is 13.5. The summed E-state index contributed by atoms with van der Waals surface area (Å²) in [7, 11) is 3.15. The predicted molar refractivity (Wildman–Crippen MR) is 129 cm³/mol. The summed E-state index contributed by atoms with van der Waals surface area (Å²) < 4.78 is 10.9. The van der Waals surface area contributed by atoms with Gasteiger partial charge in [-0.15, -0.1) is 0 Å². The molecule has 1 N–H and O–H groups in total. The van der Waals surface area contributed by atoms with Gasteiger partial charge >= 0.3 is 0 Å². The Labute approximate surface area is 194 Å². The standard InChI is InChI=1S/C27H28N2O4/c1-18-9-12-21(13-10-18)29-25(30)16-14-22(27(31)28-20-7-5-4-6-8-20)26(29)19-11-15-23(32-2)24(17-19)33-3/h4-13,15,17,22,26H,14,16H2,1-3H3,(H,28,31)/t22-,26-/m1/s1. The highest BCUT2D eigenvalue weighted by atomic mass is 16.5. The fraction of sp³-hybridized carbons (Fsp3) is 0.259. The van der Waals surface area contributed by atoms with Crippen LogP contribution in [0.3, 0.4) is 0 Å². The van der Waals surface area contributed by atoms with Gasteiger partial charge in [0.05, 0.1) is 26.2 Å². The molecule has 0 radical (unpaired) electrons. The Bertz CT molecular complexity index is 1130. The van der Waals surface area contributed by atoms with Gasteiger partial charge in [0, 0.05) is 17.8 Å². The van der Waals surface area contributed by atoms with E-state index in [0.29, 0.717) is 24.3 Å². The van der Waals surface area contributed by atoms with E-state index in [0.717, 1.165) is 22.5 Å². The number of hydrogen-bond acceptors (Lipinski definition) is 4. The molecule has 0 bridgehead atoms. The largest absolute Gasteiger partial charge is 0.493 e. The van der Waals surface area contributed by atoms with Crippen molar-refractivity contribution >= 4 is 23.2 Å². The van der Waals surface area contributed by atoms with Gasteiger partial charge in [-0.05, 0) is 55.3 Å². The monoisotopic (exact) mass is 444 g/mol. The van der Waals surface area contributed by atoms with Gasteiger partial charge in [-0.25, -0.2) is 0 Å². The maximum Gasteiger partial charge on any atom is 0.229 e. The SMILES string of the molecule is COc1ccc([C@@H]2[C@H](C(=O)Nc3ccccc3)CCC(=O)N2c2ccc(C)cc2)cc1OC. The lowest BCUT2D eigenvalue weighted by molar-refractivity contribution is -0.125. The number of methoxy groups -OCH3 is 2. The molecule has 1 fully saturated rings. The summed E-state index contributed by atoms with van der Waals surface area (Å²) in [6.07, 6.45) is 0.753. The molecule has 1 saturated heterocycles. The van der Waals surface area contributed by atoms with E-state index in [1.807, 2.05) is 79.7 Å². The number of nitrogens with zero attached hydrogens (tertiary/aromatic N) is 1. The van der Waals surface area contributed by atoms with Gasteiger partial charge in [0.15, 0.2) is 11.5 Å². The first-order valence-electron chi connectivity index (χ1n) is 11.0. The van der Waals surface area contributed by atoms with Crippen LogP contribution in [0, 0.1) is 12.8 Å². The average Bonchev–Trinajstić information content (AvgIpc) is 2.84. The summed E-state index contributed by atoms with van der Waals surface area (Å²) in [5.41, 5.74) is 3.41. The Morgan fingerprint density at radius 1 is 0.939 bits per heavy atom. The van der Waals surface area contributed by atoms with Crippen LogP contribution in [0.5, 0.6) is 11.5 Å². The Balaban J connectivity index is 1.78. The highest BCUT2D eigenvalue weighted by Gasteiger charge is 2.41. The van der Waals surface area contributed by atoms with Crippen LogP contribution >= 0.6 is 0 Å². The number of benzene rings is 3. The van der Waals surface area contributed by atoms with Crippen molar-refractivity contribution in [2.75, 3.05) is 24.4 Å². The zero-order valence-corrected chi connectivity index (χ0v) is 19.1. The summed E-state index contributed by atoms with van der Waals surface area (Å²) in [6.45, 7) is 2.00. The summed E-state index contributed by atoms with van der Waals surface area (Å²) in [5, 5.41) is 3.03. The quantitative estimate of drug-likeness (QED) is 0.572. The van der Waals surface area contributed by atoms with Gasteiger partial charge in [-0.2, -0.15) is 0 Å². The van der Waals surface area contributed by atoms with Crippen molar-refractivity contribution in [1.82, 2.24) is 0 Å². The van der Waals surface area contributed by atoms with Crippen molar-refractivity contribution in [3.63, 3.8) is 0 Å². The van der Waals surface area contributed by atoms with Crippen molar-refractivity contribution in [1.29, 1.82) is 0 Å². The van der Waals surface area contributed by atoms with Crippen LogP contribution in [0.1, 0.15) is 30.0 Å². The molecule has 0 aliphatic carbocycles. The lowest BCUT2D eigenvalue weighted by Crippen LogP contribution is -2.47. The molecule has 3 aromatic carbocycles. The van der Waals surface area contributed by atoms with Crippen molar-refractivity contribution in [2.24, 2.45) is 5.92 Å². The third kappa shape index (κ3) is 4.70. The Morgan fingerprint density at radius 2 is 1.64 bits per heavy atom. The van der Waals surface area contributed by atoms with Gasteiger partial charge < -0.3 is 19.7 Å². The van der Waals surface area contributed by atoms with Crippen LogP contribution in [0.15, 0.2) is 72.8 Å². The second-order valence-corrected chi connectivity index (χ2v) is 8.16. The number of para-hydroxylation sites is 1. The molecule has 1 heterocycles. The van der Waals surface area contributed by atoms with Gasteiger partial charge in [0.1, 0.15) is 0 Å². The number of carbonyl (C=O) groups is 2. The fourth-order valence-electron chi connectivity index (χ4n) is 4.35. The van der Waals surface area contributed by atoms with E-state index in [2.05, 4.69) is 5.32 Å². The molecule has 2 amide bonds. The van der Waals surface area contributed by atoms with Gasteiger partial charge in [0.25, 0.3) is 0 Å². The molecule has 6 nitrogen and oxygen atoms in total. The van der Waals surface area contributed by atoms with Crippen molar-refractivity contribution in [3.05, 3.63) is 83.9 Å². The van der Waals surface area contributed by atoms with Crippen LogP contribution < -0.4 is 19.7 Å². The highest BCUT2D eigenvalue weighted by Crippen LogP contribution is 2.42. The van der Waals surface area contributed by atoms with E-state index >= 15 is 0 Å².